The fourth-order valence-corrected chi connectivity index (χ4v) is 3.76. The third-order valence-electron chi connectivity index (χ3n) is 5.42. The highest BCUT2D eigenvalue weighted by molar-refractivity contribution is 7.80. The zero-order valence-corrected chi connectivity index (χ0v) is 14.2. The van der Waals surface area contributed by atoms with Crippen LogP contribution in [0.4, 0.5) is 4.79 Å². The van der Waals surface area contributed by atoms with Crippen LogP contribution in [0.15, 0.2) is 0 Å². The Kier molecular flexibility index (Phi) is 5.47. The predicted octanol–water partition coefficient (Wildman–Crippen LogP) is 3.05. The quantitative estimate of drug-likeness (QED) is 0.788. The highest BCUT2D eigenvalue weighted by Crippen LogP contribution is 2.34. The van der Waals surface area contributed by atoms with E-state index in [1.165, 1.54) is 6.42 Å². The van der Waals surface area contributed by atoms with E-state index < -0.39 is 5.54 Å². The van der Waals surface area contributed by atoms with Gasteiger partial charge in [0.25, 0.3) is 0 Å². The van der Waals surface area contributed by atoms with E-state index >= 15 is 0 Å². The summed E-state index contributed by atoms with van der Waals surface area (Å²) in [6, 6.07) is 0.0182. The summed E-state index contributed by atoms with van der Waals surface area (Å²) in [4.78, 5) is 14.9. The number of rotatable bonds is 3. The molecule has 21 heavy (non-hydrogen) atoms. The lowest BCUT2D eigenvalue weighted by atomic mass is 9.75. The van der Waals surface area contributed by atoms with Gasteiger partial charge in [-0.25, -0.2) is 4.79 Å². The highest BCUT2D eigenvalue weighted by atomic mass is 32.1. The number of hydrogen-bond acceptors (Lipinski definition) is 2. The molecule has 1 aliphatic heterocycles. The molecule has 0 atom stereocenters. The summed E-state index contributed by atoms with van der Waals surface area (Å²) in [6.07, 6.45) is 7.35. The van der Waals surface area contributed by atoms with E-state index in [1.807, 2.05) is 4.90 Å². The SMILES string of the molecule is CCC1CCC(NC(=O)N2CCC(C)CC2)(C(N)=S)CC1. The number of thiocarbonyl (C=S) groups is 1. The van der Waals surface area contributed by atoms with Crippen molar-refractivity contribution in [3.63, 3.8) is 0 Å². The van der Waals surface area contributed by atoms with Crippen molar-refractivity contribution >= 4 is 23.2 Å². The van der Waals surface area contributed by atoms with E-state index in [9.17, 15) is 4.79 Å². The van der Waals surface area contributed by atoms with Gasteiger partial charge in [0.1, 0.15) is 0 Å². The van der Waals surface area contributed by atoms with E-state index in [-0.39, 0.29) is 6.03 Å². The molecule has 2 rings (SSSR count). The predicted molar refractivity (Wildman–Crippen MR) is 90.3 cm³/mol. The molecule has 0 spiro atoms. The van der Waals surface area contributed by atoms with Gasteiger partial charge in [-0.15, -0.1) is 0 Å². The molecule has 2 aliphatic rings. The van der Waals surface area contributed by atoms with Crippen molar-refractivity contribution in [1.29, 1.82) is 0 Å². The minimum absolute atomic E-state index is 0.0182. The Morgan fingerprint density at radius 1 is 1.29 bits per heavy atom. The van der Waals surface area contributed by atoms with Crippen molar-refractivity contribution in [2.75, 3.05) is 13.1 Å². The van der Waals surface area contributed by atoms with Crippen LogP contribution in [0.25, 0.3) is 0 Å². The lowest BCUT2D eigenvalue weighted by Crippen LogP contribution is -2.61. The maximum Gasteiger partial charge on any atom is 0.318 e. The maximum absolute atomic E-state index is 12.5. The van der Waals surface area contributed by atoms with Crippen LogP contribution in [0.3, 0.4) is 0 Å². The van der Waals surface area contributed by atoms with Gasteiger partial charge >= 0.3 is 6.03 Å². The molecule has 3 N–H and O–H groups in total. The molecule has 1 saturated heterocycles. The number of piperidine rings is 1. The number of amides is 2. The molecule has 1 aliphatic carbocycles. The van der Waals surface area contributed by atoms with Gasteiger partial charge in [0.2, 0.25) is 0 Å². The molecule has 120 valence electrons. The molecule has 0 unspecified atom stereocenters. The van der Waals surface area contributed by atoms with Gasteiger partial charge in [-0.1, -0.05) is 32.5 Å². The first-order valence-electron chi connectivity index (χ1n) is 8.34. The van der Waals surface area contributed by atoms with Gasteiger partial charge in [-0.05, 0) is 50.4 Å². The number of nitrogens with two attached hydrogens (primary N) is 1. The lowest BCUT2D eigenvalue weighted by Gasteiger charge is -2.42. The molecule has 2 fully saturated rings. The minimum atomic E-state index is -0.457. The molecule has 0 aromatic carbocycles. The second kappa shape index (κ2) is 6.95. The molecule has 1 heterocycles. The molecule has 2 amide bonds. The van der Waals surface area contributed by atoms with Crippen LogP contribution in [-0.4, -0.2) is 34.5 Å². The van der Waals surface area contributed by atoms with Crippen LogP contribution in [0.5, 0.6) is 0 Å². The minimum Gasteiger partial charge on any atom is -0.391 e. The first-order chi connectivity index (χ1) is 9.97. The van der Waals surface area contributed by atoms with Gasteiger partial charge in [0.05, 0.1) is 10.5 Å². The maximum atomic E-state index is 12.5. The topological polar surface area (TPSA) is 58.4 Å². The third kappa shape index (κ3) is 3.87. The van der Waals surface area contributed by atoms with E-state index in [0.29, 0.717) is 4.99 Å². The van der Waals surface area contributed by atoms with E-state index in [1.54, 1.807) is 0 Å². The fourth-order valence-electron chi connectivity index (χ4n) is 3.51. The molecular weight excluding hydrogens is 282 g/mol. The smallest absolute Gasteiger partial charge is 0.318 e. The molecule has 0 aromatic heterocycles. The summed E-state index contributed by atoms with van der Waals surface area (Å²) >= 11 is 5.29. The lowest BCUT2D eigenvalue weighted by molar-refractivity contribution is 0.158. The summed E-state index contributed by atoms with van der Waals surface area (Å²) in [5.41, 5.74) is 5.53. The third-order valence-corrected chi connectivity index (χ3v) is 5.82. The first kappa shape index (κ1) is 16.5. The standard InChI is InChI=1S/C16H29N3OS/c1-3-13-4-8-16(9-5-13,14(17)21)18-15(20)19-10-6-12(2)7-11-19/h12-13H,3-11H2,1-2H3,(H2,17,21)(H,18,20). The van der Waals surface area contributed by atoms with Crippen molar-refractivity contribution in [3.8, 4) is 0 Å². The Labute approximate surface area is 133 Å². The van der Waals surface area contributed by atoms with Crippen molar-refractivity contribution in [3.05, 3.63) is 0 Å². The van der Waals surface area contributed by atoms with E-state index in [4.69, 9.17) is 18.0 Å². The molecule has 1 saturated carbocycles. The normalized spacial score (nSPS) is 31.0. The Balaban J connectivity index is 1.97. The van der Waals surface area contributed by atoms with E-state index in [2.05, 4.69) is 19.2 Å². The van der Waals surface area contributed by atoms with Crippen molar-refractivity contribution in [2.24, 2.45) is 17.6 Å². The average molecular weight is 311 g/mol. The average Bonchev–Trinajstić information content (AvgIpc) is 2.48. The van der Waals surface area contributed by atoms with Gasteiger partial charge in [-0.3, -0.25) is 0 Å². The van der Waals surface area contributed by atoms with Gasteiger partial charge in [0.15, 0.2) is 0 Å². The van der Waals surface area contributed by atoms with Gasteiger partial charge < -0.3 is 16.0 Å². The van der Waals surface area contributed by atoms with Crippen LogP contribution in [0.2, 0.25) is 0 Å². The Bertz CT molecular complexity index is 383. The molecule has 5 heteroatoms. The van der Waals surface area contributed by atoms with Crippen molar-refractivity contribution in [1.82, 2.24) is 10.2 Å². The van der Waals surface area contributed by atoms with Gasteiger partial charge in [0, 0.05) is 13.1 Å². The first-order valence-corrected chi connectivity index (χ1v) is 8.74. The zero-order valence-electron chi connectivity index (χ0n) is 13.4. The number of likely N-dealkylation sites (tertiary alicyclic amines) is 1. The molecular formula is C16H29N3OS. The van der Waals surface area contributed by atoms with E-state index in [0.717, 1.165) is 63.5 Å². The largest absolute Gasteiger partial charge is 0.391 e. The Hall–Kier alpha value is -0.840. The summed E-state index contributed by atoms with van der Waals surface area (Å²) < 4.78 is 0. The van der Waals surface area contributed by atoms with Crippen LogP contribution < -0.4 is 11.1 Å². The summed E-state index contributed by atoms with van der Waals surface area (Å²) in [7, 11) is 0. The number of carbonyl (C=O) groups excluding carboxylic acids is 1. The Morgan fingerprint density at radius 2 is 1.86 bits per heavy atom. The molecule has 0 aromatic rings. The second-order valence-electron chi connectivity index (χ2n) is 6.90. The molecule has 0 radical (unpaired) electrons. The van der Waals surface area contributed by atoms with Crippen LogP contribution >= 0.6 is 12.2 Å². The number of nitrogens with zero attached hydrogens (tertiary/aromatic N) is 1. The summed E-state index contributed by atoms with van der Waals surface area (Å²) in [5.74, 6) is 1.47. The van der Waals surface area contributed by atoms with Crippen LogP contribution in [-0.2, 0) is 0 Å². The fraction of sp³-hybridized carbons (Fsp3) is 0.875. The zero-order chi connectivity index (χ0) is 15.5. The number of carbonyl (C=O) groups is 1. The number of urea groups is 1. The van der Waals surface area contributed by atoms with Crippen LogP contribution in [0, 0.1) is 11.8 Å². The monoisotopic (exact) mass is 311 g/mol. The number of nitrogens with one attached hydrogen (secondary N) is 1. The summed E-state index contributed by atoms with van der Waals surface area (Å²) in [6.45, 7) is 6.17. The summed E-state index contributed by atoms with van der Waals surface area (Å²) in [5, 5.41) is 3.18. The highest BCUT2D eigenvalue weighted by Gasteiger charge is 2.40. The Morgan fingerprint density at radius 3 is 2.33 bits per heavy atom. The second-order valence-corrected chi connectivity index (χ2v) is 7.34. The van der Waals surface area contributed by atoms with Gasteiger partial charge in [-0.2, -0.15) is 0 Å². The number of hydrogen-bond donors (Lipinski definition) is 2. The molecule has 0 bridgehead atoms. The van der Waals surface area contributed by atoms with Crippen molar-refractivity contribution in [2.45, 2.75) is 64.3 Å². The van der Waals surface area contributed by atoms with Crippen molar-refractivity contribution < 1.29 is 4.79 Å². The van der Waals surface area contributed by atoms with Crippen LogP contribution in [0.1, 0.15) is 58.8 Å². The molecule has 4 nitrogen and oxygen atoms in total.